The highest BCUT2D eigenvalue weighted by atomic mass is 16.3. The molecule has 0 spiro atoms. The van der Waals surface area contributed by atoms with E-state index in [1.54, 1.807) is 0 Å². The van der Waals surface area contributed by atoms with Gasteiger partial charge in [0.2, 0.25) is 0 Å². The number of aliphatic hydroxyl groups is 1. The fourth-order valence-electron chi connectivity index (χ4n) is 3.06. The van der Waals surface area contributed by atoms with Gasteiger partial charge in [-0.05, 0) is 24.1 Å². The summed E-state index contributed by atoms with van der Waals surface area (Å²) < 4.78 is 0. The van der Waals surface area contributed by atoms with Gasteiger partial charge >= 0.3 is 6.03 Å². The van der Waals surface area contributed by atoms with Gasteiger partial charge in [0, 0.05) is 24.8 Å². The quantitative estimate of drug-likeness (QED) is 0.790. The lowest BCUT2D eigenvalue weighted by atomic mass is 10.1. The monoisotopic (exact) mass is 325 g/mol. The van der Waals surface area contributed by atoms with Crippen LogP contribution >= 0.6 is 0 Å². The highest BCUT2D eigenvalue weighted by Crippen LogP contribution is 2.19. The van der Waals surface area contributed by atoms with Crippen LogP contribution in [-0.2, 0) is 0 Å². The van der Waals surface area contributed by atoms with E-state index in [1.165, 1.54) is 5.69 Å². The number of carbonyl (C=O) groups is 1. The number of aliphatic hydroxyl groups excluding tert-OH is 1. The number of nitrogens with zero attached hydrogens (tertiary/aromatic N) is 1. The van der Waals surface area contributed by atoms with Crippen molar-refractivity contribution in [1.82, 2.24) is 10.6 Å². The Morgan fingerprint density at radius 1 is 1.12 bits per heavy atom. The third-order valence-electron chi connectivity index (χ3n) is 4.33. The molecule has 2 aromatic rings. The number of nitrogens with one attached hydrogen (secondary N) is 2. The number of hydrogen-bond donors (Lipinski definition) is 3. The maximum Gasteiger partial charge on any atom is 0.315 e. The second-order valence-electron chi connectivity index (χ2n) is 6.03. The number of benzene rings is 2. The van der Waals surface area contributed by atoms with E-state index in [2.05, 4.69) is 27.7 Å². The summed E-state index contributed by atoms with van der Waals surface area (Å²) in [7, 11) is 0. The molecule has 1 aliphatic heterocycles. The molecule has 0 aromatic heterocycles. The summed E-state index contributed by atoms with van der Waals surface area (Å²) in [5.74, 6) is 0. The maximum absolute atomic E-state index is 12.2. The molecule has 5 nitrogen and oxygen atoms in total. The number of para-hydroxylation sites is 1. The summed E-state index contributed by atoms with van der Waals surface area (Å²) >= 11 is 0. The van der Waals surface area contributed by atoms with Crippen LogP contribution in [0.15, 0.2) is 60.7 Å². The first-order chi connectivity index (χ1) is 11.8. The van der Waals surface area contributed by atoms with E-state index in [1.807, 2.05) is 48.5 Å². The van der Waals surface area contributed by atoms with Crippen molar-refractivity contribution in [1.29, 1.82) is 0 Å². The van der Waals surface area contributed by atoms with E-state index in [9.17, 15) is 9.90 Å². The van der Waals surface area contributed by atoms with Crippen LogP contribution in [0.1, 0.15) is 18.0 Å². The van der Waals surface area contributed by atoms with Crippen LogP contribution in [0.25, 0.3) is 0 Å². The van der Waals surface area contributed by atoms with Gasteiger partial charge < -0.3 is 20.6 Å². The van der Waals surface area contributed by atoms with Gasteiger partial charge in [-0.3, -0.25) is 0 Å². The van der Waals surface area contributed by atoms with Crippen molar-refractivity contribution in [3.63, 3.8) is 0 Å². The summed E-state index contributed by atoms with van der Waals surface area (Å²) in [6.45, 7) is 1.60. The molecular formula is C19H23N3O2. The zero-order valence-corrected chi connectivity index (χ0v) is 13.6. The Morgan fingerprint density at radius 3 is 2.46 bits per heavy atom. The number of amides is 2. The van der Waals surface area contributed by atoms with Gasteiger partial charge in [-0.1, -0.05) is 48.5 Å². The minimum Gasteiger partial charge on any atom is -0.394 e. The summed E-state index contributed by atoms with van der Waals surface area (Å²) in [6, 6.07) is 19.2. The van der Waals surface area contributed by atoms with Crippen molar-refractivity contribution < 1.29 is 9.90 Å². The molecule has 0 aliphatic carbocycles. The van der Waals surface area contributed by atoms with Crippen LogP contribution in [0, 0.1) is 0 Å². The summed E-state index contributed by atoms with van der Waals surface area (Å²) in [5, 5.41) is 15.4. The van der Waals surface area contributed by atoms with Gasteiger partial charge in [0.25, 0.3) is 0 Å². The second kappa shape index (κ2) is 7.84. The fraction of sp³-hybridized carbons (Fsp3) is 0.316. The van der Waals surface area contributed by atoms with Gasteiger partial charge in [0.1, 0.15) is 0 Å². The topological polar surface area (TPSA) is 64.6 Å². The van der Waals surface area contributed by atoms with Crippen molar-refractivity contribution in [3.05, 3.63) is 66.2 Å². The van der Waals surface area contributed by atoms with Crippen LogP contribution in [0.5, 0.6) is 0 Å². The van der Waals surface area contributed by atoms with Crippen molar-refractivity contribution in [2.45, 2.75) is 18.5 Å². The van der Waals surface area contributed by atoms with Crippen molar-refractivity contribution in [3.8, 4) is 0 Å². The Morgan fingerprint density at radius 2 is 1.79 bits per heavy atom. The molecule has 0 saturated carbocycles. The first-order valence-corrected chi connectivity index (χ1v) is 8.29. The van der Waals surface area contributed by atoms with Crippen LogP contribution in [0.2, 0.25) is 0 Å². The van der Waals surface area contributed by atoms with Crippen molar-refractivity contribution in [2.75, 3.05) is 24.6 Å². The molecule has 3 N–H and O–H groups in total. The standard InChI is InChI=1S/C19H23N3O2/c23-14-18(15-7-3-1-4-8-15)21-19(24)20-16-11-12-22(13-16)17-9-5-2-6-10-17/h1-10,16,18,23H,11-14H2,(H2,20,21,24)/t16-,18+/m0/s1. The smallest absolute Gasteiger partial charge is 0.315 e. The average Bonchev–Trinajstić information content (AvgIpc) is 3.09. The Bertz CT molecular complexity index is 648. The van der Waals surface area contributed by atoms with Gasteiger partial charge in [-0.25, -0.2) is 4.79 Å². The predicted molar refractivity (Wildman–Crippen MR) is 95.0 cm³/mol. The molecular weight excluding hydrogens is 302 g/mol. The van der Waals surface area contributed by atoms with E-state index in [0.29, 0.717) is 0 Å². The van der Waals surface area contributed by atoms with Crippen LogP contribution in [-0.4, -0.2) is 36.9 Å². The lowest BCUT2D eigenvalue weighted by Crippen LogP contribution is -2.45. The second-order valence-corrected chi connectivity index (χ2v) is 6.03. The third kappa shape index (κ3) is 4.06. The predicted octanol–water partition coefficient (Wildman–Crippen LogP) is 2.30. The van der Waals surface area contributed by atoms with Gasteiger partial charge in [-0.15, -0.1) is 0 Å². The highest BCUT2D eigenvalue weighted by Gasteiger charge is 2.24. The average molecular weight is 325 g/mol. The highest BCUT2D eigenvalue weighted by molar-refractivity contribution is 5.75. The van der Waals surface area contributed by atoms with Crippen LogP contribution in [0.3, 0.4) is 0 Å². The molecule has 0 radical (unpaired) electrons. The molecule has 0 bridgehead atoms. The number of urea groups is 1. The van der Waals surface area contributed by atoms with Gasteiger partial charge in [0.15, 0.2) is 0 Å². The van der Waals surface area contributed by atoms with Crippen LogP contribution < -0.4 is 15.5 Å². The van der Waals surface area contributed by atoms with Crippen molar-refractivity contribution in [2.24, 2.45) is 0 Å². The number of rotatable bonds is 5. The SMILES string of the molecule is O=C(N[C@H]1CCN(c2ccccc2)C1)N[C@H](CO)c1ccccc1. The van der Waals surface area contributed by atoms with Gasteiger partial charge in [0.05, 0.1) is 12.6 Å². The molecule has 1 saturated heterocycles. The Labute approximate surface area is 142 Å². The zero-order chi connectivity index (χ0) is 16.8. The summed E-state index contributed by atoms with van der Waals surface area (Å²) in [6.07, 6.45) is 0.914. The molecule has 1 fully saturated rings. The maximum atomic E-state index is 12.2. The van der Waals surface area contributed by atoms with Gasteiger partial charge in [-0.2, -0.15) is 0 Å². The molecule has 2 atom stereocenters. The molecule has 2 amide bonds. The number of carbonyl (C=O) groups excluding carboxylic acids is 1. The Hall–Kier alpha value is -2.53. The third-order valence-corrected chi connectivity index (χ3v) is 4.33. The molecule has 126 valence electrons. The van der Waals surface area contributed by atoms with E-state index in [-0.39, 0.29) is 18.7 Å². The number of anilines is 1. The minimum absolute atomic E-state index is 0.111. The lowest BCUT2D eigenvalue weighted by Gasteiger charge is -2.21. The number of hydrogen-bond acceptors (Lipinski definition) is 3. The molecule has 3 rings (SSSR count). The van der Waals surface area contributed by atoms with E-state index < -0.39 is 6.04 Å². The molecule has 5 heteroatoms. The minimum atomic E-state index is -0.391. The lowest BCUT2D eigenvalue weighted by molar-refractivity contribution is 0.214. The van der Waals surface area contributed by atoms with E-state index in [4.69, 9.17) is 0 Å². The summed E-state index contributed by atoms with van der Waals surface area (Å²) in [5.41, 5.74) is 2.08. The van der Waals surface area contributed by atoms with E-state index >= 15 is 0 Å². The molecule has 1 heterocycles. The van der Waals surface area contributed by atoms with Crippen LogP contribution in [0.4, 0.5) is 10.5 Å². The zero-order valence-electron chi connectivity index (χ0n) is 13.6. The molecule has 24 heavy (non-hydrogen) atoms. The van der Waals surface area contributed by atoms with Crippen molar-refractivity contribution >= 4 is 11.7 Å². The fourth-order valence-corrected chi connectivity index (χ4v) is 3.06. The Balaban J connectivity index is 1.52. The summed E-state index contributed by atoms with van der Waals surface area (Å²) in [4.78, 5) is 14.5. The molecule has 1 aliphatic rings. The normalized spacial score (nSPS) is 18.2. The molecule has 2 aromatic carbocycles. The molecule has 0 unspecified atom stereocenters. The first-order valence-electron chi connectivity index (χ1n) is 8.29. The Kier molecular flexibility index (Phi) is 5.33. The first kappa shape index (κ1) is 16.3. The largest absolute Gasteiger partial charge is 0.394 e. The van der Waals surface area contributed by atoms with E-state index in [0.717, 1.165) is 25.1 Å².